The van der Waals surface area contributed by atoms with Gasteiger partial charge in [0.1, 0.15) is 6.54 Å². The molecule has 0 saturated carbocycles. The molecule has 0 spiro atoms. The third-order valence-electron chi connectivity index (χ3n) is 4.83. The number of hydrogen-bond acceptors (Lipinski definition) is 2. The summed E-state index contributed by atoms with van der Waals surface area (Å²) in [5.41, 5.74) is 1.78. The van der Waals surface area contributed by atoms with Gasteiger partial charge in [0.2, 0.25) is 5.91 Å². The first-order chi connectivity index (χ1) is 14.3. The predicted molar refractivity (Wildman–Crippen MR) is 125 cm³/mol. The normalized spacial score (nSPS) is 10.9. The molecule has 1 heterocycles. The summed E-state index contributed by atoms with van der Waals surface area (Å²) in [4.78, 5) is 29.5. The summed E-state index contributed by atoms with van der Waals surface area (Å²) in [5.74, 6) is 0.224. The fourth-order valence-electron chi connectivity index (χ4n) is 3.16. The number of unbranched alkanes of at least 4 members (excludes halogenated alkanes) is 1. The lowest BCUT2D eigenvalue weighted by molar-refractivity contribution is -0.132. The van der Waals surface area contributed by atoms with Crippen molar-refractivity contribution in [2.24, 2.45) is 13.0 Å². The van der Waals surface area contributed by atoms with E-state index < -0.39 is 0 Å². The van der Waals surface area contributed by atoms with Crippen LogP contribution in [0.25, 0.3) is 0 Å². The molecular weight excluding hydrogens is 444 g/mol. The van der Waals surface area contributed by atoms with Crippen LogP contribution in [0, 0.1) is 5.92 Å². The van der Waals surface area contributed by atoms with Crippen LogP contribution in [0.1, 0.15) is 39.3 Å². The number of nitrogens with one attached hydrogen (secondary N) is 1. The van der Waals surface area contributed by atoms with E-state index in [4.69, 9.17) is 0 Å². The molecular formula is C23H33BrN4O2. The number of amides is 3. The van der Waals surface area contributed by atoms with Gasteiger partial charge >= 0.3 is 6.03 Å². The molecule has 1 aromatic heterocycles. The van der Waals surface area contributed by atoms with E-state index in [-0.39, 0.29) is 24.4 Å². The van der Waals surface area contributed by atoms with Gasteiger partial charge < -0.3 is 19.7 Å². The Kier molecular flexibility index (Phi) is 9.43. The van der Waals surface area contributed by atoms with E-state index in [1.165, 1.54) is 0 Å². The zero-order chi connectivity index (χ0) is 22.1. The van der Waals surface area contributed by atoms with E-state index in [0.29, 0.717) is 25.3 Å². The second kappa shape index (κ2) is 11.8. The molecule has 1 N–H and O–H groups in total. The summed E-state index contributed by atoms with van der Waals surface area (Å²) in [6.45, 7) is 8.01. The molecule has 30 heavy (non-hydrogen) atoms. The summed E-state index contributed by atoms with van der Waals surface area (Å²) in [7, 11) is 1.98. The van der Waals surface area contributed by atoms with Crippen LogP contribution >= 0.6 is 15.9 Å². The quantitative estimate of drug-likeness (QED) is 0.517. The second-order valence-corrected chi connectivity index (χ2v) is 8.91. The van der Waals surface area contributed by atoms with Crippen molar-refractivity contribution in [3.8, 4) is 0 Å². The number of urea groups is 1. The lowest BCUT2D eigenvalue weighted by Crippen LogP contribution is -2.46. The maximum atomic E-state index is 13.2. The molecule has 0 aliphatic carbocycles. The Morgan fingerprint density at radius 1 is 1.13 bits per heavy atom. The zero-order valence-electron chi connectivity index (χ0n) is 18.4. The van der Waals surface area contributed by atoms with Crippen molar-refractivity contribution >= 4 is 33.6 Å². The first kappa shape index (κ1) is 24.0. The smallest absolute Gasteiger partial charge is 0.322 e. The molecule has 2 aromatic rings. The molecule has 0 radical (unpaired) electrons. The third kappa shape index (κ3) is 7.52. The highest BCUT2D eigenvalue weighted by molar-refractivity contribution is 9.10. The minimum atomic E-state index is -0.256. The van der Waals surface area contributed by atoms with E-state index >= 15 is 0 Å². The predicted octanol–water partition coefficient (Wildman–Crippen LogP) is 5.11. The lowest BCUT2D eigenvalue weighted by Gasteiger charge is -2.29. The first-order valence-corrected chi connectivity index (χ1v) is 11.3. The Bertz CT molecular complexity index is 817. The second-order valence-electron chi connectivity index (χ2n) is 7.99. The summed E-state index contributed by atoms with van der Waals surface area (Å²) < 4.78 is 2.97. The van der Waals surface area contributed by atoms with Crippen molar-refractivity contribution in [3.05, 3.63) is 52.8 Å². The number of aryl methyl sites for hydroxylation is 1. The molecule has 0 unspecified atom stereocenters. The van der Waals surface area contributed by atoms with Crippen molar-refractivity contribution < 1.29 is 9.59 Å². The van der Waals surface area contributed by atoms with E-state index in [1.54, 1.807) is 4.90 Å². The van der Waals surface area contributed by atoms with Gasteiger partial charge in [0.05, 0.1) is 6.54 Å². The van der Waals surface area contributed by atoms with Gasteiger partial charge in [-0.15, -0.1) is 0 Å². The highest BCUT2D eigenvalue weighted by Crippen LogP contribution is 2.15. The summed E-state index contributed by atoms with van der Waals surface area (Å²) in [6.07, 6.45) is 3.93. The Hall–Kier alpha value is -2.28. The number of anilines is 1. The van der Waals surface area contributed by atoms with Crippen LogP contribution < -0.4 is 5.32 Å². The Balaban J connectivity index is 2.10. The van der Waals surface area contributed by atoms with Crippen LogP contribution in [0.4, 0.5) is 10.5 Å². The van der Waals surface area contributed by atoms with Gasteiger partial charge in [0.25, 0.3) is 0 Å². The van der Waals surface area contributed by atoms with Crippen molar-refractivity contribution in [1.29, 1.82) is 0 Å². The maximum Gasteiger partial charge on any atom is 0.322 e. The highest BCUT2D eigenvalue weighted by Gasteiger charge is 2.22. The minimum Gasteiger partial charge on any atom is -0.353 e. The lowest BCUT2D eigenvalue weighted by atomic mass is 10.2. The molecule has 7 heteroatoms. The van der Waals surface area contributed by atoms with Gasteiger partial charge in [-0.1, -0.05) is 43.1 Å². The number of benzene rings is 1. The van der Waals surface area contributed by atoms with Crippen LogP contribution in [0.15, 0.2) is 47.1 Å². The Morgan fingerprint density at radius 2 is 1.83 bits per heavy atom. The highest BCUT2D eigenvalue weighted by atomic mass is 79.9. The fourth-order valence-corrected chi connectivity index (χ4v) is 3.42. The van der Waals surface area contributed by atoms with Crippen LogP contribution in [-0.2, 0) is 18.4 Å². The standard InChI is InChI=1S/C23H33BrN4O2/c1-5-6-14-27(16-21-8-7-13-26(21)4)22(29)17-28(15-18(2)3)23(30)25-20-11-9-19(24)10-12-20/h7-13,18H,5-6,14-17H2,1-4H3,(H,25,30). The molecule has 3 amide bonds. The zero-order valence-corrected chi connectivity index (χ0v) is 20.0. The van der Waals surface area contributed by atoms with Crippen LogP contribution in [0.5, 0.6) is 0 Å². The molecule has 0 aliphatic heterocycles. The largest absolute Gasteiger partial charge is 0.353 e. The summed E-state index contributed by atoms with van der Waals surface area (Å²) in [6, 6.07) is 11.2. The Labute approximate surface area is 188 Å². The summed E-state index contributed by atoms with van der Waals surface area (Å²) >= 11 is 3.40. The van der Waals surface area contributed by atoms with Crippen LogP contribution in [-0.4, -0.2) is 45.9 Å². The van der Waals surface area contributed by atoms with Crippen LogP contribution in [0.2, 0.25) is 0 Å². The molecule has 0 aliphatic rings. The molecule has 0 atom stereocenters. The SMILES string of the molecule is CCCCN(Cc1cccn1C)C(=O)CN(CC(C)C)C(=O)Nc1ccc(Br)cc1. The molecule has 0 bridgehead atoms. The number of halogens is 1. The number of rotatable bonds is 10. The van der Waals surface area contributed by atoms with Gasteiger partial charge in [0, 0.05) is 42.2 Å². The van der Waals surface area contributed by atoms with Crippen molar-refractivity contribution in [2.75, 3.05) is 25.0 Å². The first-order valence-electron chi connectivity index (χ1n) is 10.5. The average Bonchev–Trinajstić information content (AvgIpc) is 3.10. The van der Waals surface area contributed by atoms with Gasteiger partial charge in [0.15, 0.2) is 0 Å². The number of nitrogens with zero attached hydrogens (tertiary/aromatic N) is 3. The van der Waals surface area contributed by atoms with Gasteiger partial charge in [-0.25, -0.2) is 4.79 Å². The van der Waals surface area contributed by atoms with Crippen molar-refractivity contribution in [3.63, 3.8) is 0 Å². The molecule has 0 saturated heterocycles. The fraction of sp³-hybridized carbons (Fsp3) is 0.478. The summed E-state index contributed by atoms with van der Waals surface area (Å²) in [5, 5.41) is 2.91. The van der Waals surface area contributed by atoms with E-state index in [2.05, 4.69) is 28.2 Å². The molecule has 0 fully saturated rings. The van der Waals surface area contributed by atoms with Crippen LogP contribution in [0.3, 0.4) is 0 Å². The Morgan fingerprint density at radius 3 is 2.40 bits per heavy atom. The average molecular weight is 477 g/mol. The maximum absolute atomic E-state index is 13.2. The van der Waals surface area contributed by atoms with Gasteiger partial charge in [-0.2, -0.15) is 0 Å². The van der Waals surface area contributed by atoms with Crippen molar-refractivity contribution in [1.82, 2.24) is 14.4 Å². The monoisotopic (exact) mass is 476 g/mol. The molecule has 2 rings (SSSR count). The molecule has 6 nitrogen and oxygen atoms in total. The number of carbonyl (C=O) groups is 2. The van der Waals surface area contributed by atoms with E-state index in [0.717, 1.165) is 23.0 Å². The molecule has 164 valence electrons. The number of hydrogen-bond donors (Lipinski definition) is 1. The topological polar surface area (TPSA) is 57.6 Å². The number of carbonyl (C=O) groups excluding carboxylic acids is 2. The molecule has 1 aromatic carbocycles. The number of aromatic nitrogens is 1. The van der Waals surface area contributed by atoms with E-state index in [9.17, 15) is 9.59 Å². The van der Waals surface area contributed by atoms with Crippen molar-refractivity contribution in [2.45, 2.75) is 40.2 Å². The van der Waals surface area contributed by atoms with Gasteiger partial charge in [-0.05, 0) is 48.7 Å². The van der Waals surface area contributed by atoms with Gasteiger partial charge in [-0.3, -0.25) is 4.79 Å². The van der Waals surface area contributed by atoms with E-state index in [1.807, 2.05) is 73.0 Å². The minimum absolute atomic E-state index is 0.0312. The third-order valence-corrected chi connectivity index (χ3v) is 5.36.